The maximum absolute atomic E-state index is 12.0. The van der Waals surface area contributed by atoms with Crippen molar-refractivity contribution in [1.82, 2.24) is 10.5 Å². The molecule has 0 fully saturated rings. The number of carbonyl (C=O) groups excluding carboxylic acids is 1. The number of carbonyl (C=O) groups is 2. The smallest absolute Gasteiger partial charge is 0.341 e. The van der Waals surface area contributed by atoms with Gasteiger partial charge in [0.15, 0.2) is 0 Å². The van der Waals surface area contributed by atoms with Crippen molar-refractivity contribution in [3.63, 3.8) is 0 Å². The maximum atomic E-state index is 12.0. The first-order chi connectivity index (χ1) is 11.4. The van der Waals surface area contributed by atoms with Crippen LogP contribution < -0.4 is 10.1 Å². The molecule has 0 atom stereocenters. The molecule has 0 spiro atoms. The summed E-state index contributed by atoms with van der Waals surface area (Å²) in [5, 5.41) is 15.7. The van der Waals surface area contributed by atoms with Crippen molar-refractivity contribution in [1.29, 1.82) is 0 Å². The lowest BCUT2D eigenvalue weighted by Crippen LogP contribution is -2.30. The zero-order valence-electron chi connectivity index (χ0n) is 13.5. The fourth-order valence-electron chi connectivity index (χ4n) is 1.95. The van der Waals surface area contributed by atoms with Crippen molar-refractivity contribution in [2.75, 3.05) is 7.11 Å². The highest BCUT2D eigenvalue weighted by Crippen LogP contribution is 2.27. The van der Waals surface area contributed by atoms with Gasteiger partial charge in [-0.05, 0) is 38.1 Å². The molecule has 1 heterocycles. The Morgan fingerprint density at radius 3 is 2.54 bits per heavy atom. The Bertz CT molecular complexity index is 725. The third-order valence-corrected chi connectivity index (χ3v) is 4.06. The lowest BCUT2D eigenvalue weighted by atomic mass is 10.2. The molecule has 24 heavy (non-hydrogen) atoms. The molecule has 0 aliphatic heterocycles. The van der Waals surface area contributed by atoms with E-state index in [1.807, 2.05) is 24.3 Å². The molecule has 2 aromatic rings. The van der Waals surface area contributed by atoms with Gasteiger partial charge in [-0.25, -0.2) is 4.79 Å². The SMILES string of the molecule is COc1ccc(SCc2noc(C(=O)NC(C)C)c2C(=O)O)cc1. The molecule has 1 aromatic heterocycles. The average molecular weight is 350 g/mol. The van der Waals surface area contributed by atoms with Crippen LogP contribution in [0.2, 0.25) is 0 Å². The highest BCUT2D eigenvalue weighted by molar-refractivity contribution is 7.98. The van der Waals surface area contributed by atoms with E-state index >= 15 is 0 Å². The first kappa shape index (κ1) is 17.9. The van der Waals surface area contributed by atoms with Gasteiger partial charge < -0.3 is 19.7 Å². The number of aromatic carboxylic acids is 1. The Morgan fingerprint density at radius 2 is 2.00 bits per heavy atom. The number of carboxylic acid groups (broad SMARTS) is 1. The van der Waals surface area contributed by atoms with Gasteiger partial charge in [0, 0.05) is 16.7 Å². The topological polar surface area (TPSA) is 102 Å². The van der Waals surface area contributed by atoms with Crippen LogP contribution in [-0.2, 0) is 5.75 Å². The number of benzene rings is 1. The number of thioether (sulfide) groups is 1. The molecular weight excluding hydrogens is 332 g/mol. The molecule has 2 rings (SSSR count). The Morgan fingerprint density at radius 1 is 1.33 bits per heavy atom. The predicted octanol–water partition coefficient (Wildman–Crippen LogP) is 2.81. The van der Waals surface area contributed by atoms with E-state index in [0.29, 0.717) is 0 Å². The van der Waals surface area contributed by atoms with E-state index in [4.69, 9.17) is 9.26 Å². The second kappa shape index (κ2) is 7.87. The van der Waals surface area contributed by atoms with Crippen LogP contribution in [0.4, 0.5) is 0 Å². The van der Waals surface area contributed by atoms with Crippen molar-refractivity contribution in [3.8, 4) is 5.75 Å². The number of rotatable bonds is 7. The third kappa shape index (κ3) is 4.29. The Labute approximate surface area is 143 Å². The number of carboxylic acids is 1. The number of aromatic nitrogens is 1. The van der Waals surface area contributed by atoms with Gasteiger partial charge >= 0.3 is 5.97 Å². The van der Waals surface area contributed by atoms with E-state index in [9.17, 15) is 14.7 Å². The molecule has 0 saturated carbocycles. The Hall–Kier alpha value is -2.48. The highest BCUT2D eigenvalue weighted by atomic mass is 32.2. The van der Waals surface area contributed by atoms with Crippen molar-refractivity contribution in [3.05, 3.63) is 41.3 Å². The molecule has 2 N–H and O–H groups in total. The molecular formula is C16H18N2O5S. The van der Waals surface area contributed by atoms with Gasteiger partial charge in [0.1, 0.15) is 17.0 Å². The fraction of sp³-hybridized carbons (Fsp3) is 0.312. The summed E-state index contributed by atoms with van der Waals surface area (Å²) in [6, 6.07) is 7.20. The van der Waals surface area contributed by atoms with Crippen LogP contribution in [0.3, 0.4) is 0 Å². The zero-order chi connectivity index (χ0) is 17.7. The molecule has 0 aliphatic carbocycles. The number of nitrogens with one attached hydrogen (secondary N) is 1. The van der Waals surface area contributed by atoms with E-state index in [1.165, 1.54) is 11.8 Å². The fourth-order valence-corrected chi connectivity index (χ4v) is 2.78. The van der Waals surface area contributed by atoms with Crippen molar-refractivity contribution in [2.24, 2.45) is 0 Å². The number of methoxy groups -OCH3 is 1. The number of hydrogen-bond donors (Lipinski definition) is 2. The van der Waals surface area contributed by atoms with Crippen LogP contribution in [0.5, 0.6) is 5.75 Å². The highest BCUT2D eigenvalue weighted by Gasteiger charge is 2.27. The molecule has 0 unspecified atom stereocenters. The molecule has 1 aromatic carbocycles. The molecule has 7 nitrogen and oxygen atoms in total. The minimum absolute atomic E-state index is 0.138. The summed E-state index contributed by atoms with van der Waals surface area (Å²) in [5.41, 5.74) is 0.0198. The van der Waals surface area contributed by atoms with Gasteiger partial charge in [0.25, 0.3) is 5.91 Å². The Balaban J connectivity index is 2.16. The predicted molar refractivity (Wildman–Crippen MR) is 88.6 cm³/mol. The third-order valence-electron chi connectivity index (χ3n) is 3.04. The summed E-state index contributed by atoms with van der Waals surface area (Å²) in [6.45, 7) is 3.55. The van der Waals surface area contributed by atoms with Crippen molar-refractivity contribution >= 4 is 23.6 Å². The van der Waals surface area contributed by atoms with E-state index in [0.717, 1.165) is 10.6 Å². The monoisotopic (exact) mass is 350 g/mol. The minimum Gasteiger partial charge on any atom is -0.497 e. The minimum atomic E-state index is -1.24. The van der Waals surface area contributed by atoms with Crippen LogP contribution in [0.1, 0.15) is 40.5 Å². The van der Waals surface area contributed by atoms with E-state index in [1.54, 1.807) is 21.0 Å². The number of amides is 1. The van der Waals surface area contributed by atoms with Gasteiger partial charge in [-0.1, -0.05) is 5.16 Å². The van der Waals surface area contributed by atoms with Crippen LogP contribution in [0.25, 0.3) is 0 Å². The van der Waals surface area contributed by atoms with Gasteiger partial charge in [-0.2, -0.15) is 0 Å². The van der Waals surface area contributed by atoms with Gasteiger partial charge in [0.05, 0.1) is 7.11 Å². The maximum Gasteiger partial charge on any atom is 0.341 e. The summed E-state index contributed by atoms with van der Waals surface area (Å²) in [5.74, 6) is -1.10. The van der Waals surface area contributed by atoms with E-state index < -0.39 is 11.9 Å². The molecule has 1 amide bonds. The summed E-state index contributed by atoms with van der Waals surface area (Å²) < 4.78 is 10.1. The second-order valence-electron chi connectivity index (χ2n) is 5.23. The molecule has 128 valence electrons. The molecule has 0 aliphatic rings. The average Bonchev–Trinajstić information content (AvgIpc) is 2.97. The van der Waals surface area contributed by atoms with Gasteiger partial charge in [0.2, 0.25) is 5.76 Å². The Kier molecular flexibility index (Phi) is 5.86. The summed E-state index contributed by atoms with van der Waals surface area (Å²) in [4.78, 5) is 24.4. The van der Waals surface area contributed by atoms with Crippen molar-refractivity contribution < 1.29 is 24.0 Å². The van der Waals surface area contributed by atoms with Crippen LogP contribution >= 0.6 is 11.8 Å². The summed E-state index contributed by atoms with van der Waals surface area (Å²) in [7, 11) is 1.58. The van der Waals surface area contributed by atoms with Gasteiger partial charge in [-0.3, -0.25) is 4.79 Å². The first-order valence-electron chi connectivity index (χ1n) is 7.22. The van der Waals surface area contributed by atoms with Crippen molar-refractivity contribution in [2.45, 2.75) is 30.5 Å². The lowest BCUT2D eigenvalue weighted by molar-refractivity contribution is 0.0686. The number of nitrogens with zero attached hydrogens (tertiary/aromatic N) is 1. The largest absolute Gasteiger partial charge is 0.497 e. The zero-order valence-corrected chi connectivity index (χ0v) is 14.3. The summed E-state index contributed by atoms with van der Waals surface area (Å²) >= 11 is 1.39. The lowest BCUT2D eigenvalue weighted by Gasteiger charge is -2.06. The standard InChI is InChI=1S/C16H18N2O5S/c1-9(2)17-15(19)14-13(16(20)21)12(18-23-14)8-24-11-6-4-10(22-3)5-7-11/h4-7,9H,8H2,1-3H3,(H,17,19)(H,20,21). The van der Waals surface area contributed by atoms with Gasteiger partial charge in [-0.15, -0.1) is 11.8 Å². The van der Waals surface area contributed by atoms with E-state index in [2.05, 4.69) is 10.5 Å². The normalized spacial score (nSPS) is 10.7. The van der Waals surface area contributed by atoms with Crippen LogP contribution in [0, 0.1) is 0 Å². The van der Waals surface area contributed by atoms with Crippen LogP contribution in [0.15, 0.2) is 33.7 Å². The quantitative estimate of drug-likeness (QED) is 0.740. The van der Waals surface area contributed by atoms with E-state index in [-0.39, 0.29) is 28.8 Å². The second-order valence-corrected chi connectivity index (χ2v) is 6.28. The molecule has 0 radical (unpaired) electrons. The molecule has 0 saturated heterocycles. The molecule has 0 bridgehead atoms. The first-order valence-corrected chi connectivity index (χ1v) is 8.20. The summed E-state index contributed by atoms with van der Waals surface area (Å²) in [6.07, 6.45) is 0. The number of ether oxygens (including phenoxy) is 1. The molecule has 8 heteroatoms. The van der Waals surface area contributed by atoms with Crippen LogP contribution in [-0.4, -0.2) is 35.3 Å². The number of hydrogen-bond acceptors (Lipinski definition) is 6.